The monoisotopic (exact) mass is 268 g/mol. The molecule has 2 atom stereocenters. The standard InChI is InChI=1S/C12H13BrO2/c1-7(12(14)15)10-5-3-8-2-4-9(13)6-11(8)10/h2,4,6-7,10H,3,5H2,1H3,(H,14,15). The first-order valence-electron chi connectivity index (χ1n) is 5.10. The minimum absolute atomic E-state index is 0.176. The highest BCUT2D eigenvalue weighted by molar-refractivity contribution is 9.10. The van der Waals surface area contributed by atoms with Crippen molar-refractivity contribution in [2.24, 2.45) is 5.92 Å². The Morgan fingerprint density at radius 1 is 1.60 bits per heavy atom. The zero-order valence-electron chi connectivity index (χ0n) is 8.53. The van der Waals surface area contributed by atoms with E-state index in [1.54, 1.807) is 6.92 Å². The predicted octanol–water partition coefficient (Wildman–Crippen LogP) is 3.20. The molecule has 1 aromatic carbocycles. The Morgan fingerprint density at radius 2 is 2.33 bits per heavy atom. The summed E-state index contributed by atoms with van der Waals surface area (Å²) in [5.41, 5.74) is 2.51. The maximum Gasteiger partial charge on any atom is 0.306 e. The molecule has 80 valence electrons. The smallest absolute Gasteiger partial charge is 0.306 e. The molecule has 2 unspecified atom stereocenters. The number of benzene rings is 1. The van der Waals surface area contributed by atoms with E-state index in [0.29, 0.717) is 0 Å². The molecule has 0 bridgehead atoms. The number of halogens is 1. The molecule has 0 spiro atoms. The minimum Gasteiger partial charge on any atom is -0.481 e. The third-order valence-electron chi connectivity index (χ3n) is 3.23. The molecule has 0 aliphatic heterocycles. The van der Waals surface area contributed by atoms with Crippen molar-refractivity contribution in [3.05, 3.63) is 33.8 Å². The van der Waals surface area contributed by atoms with Crippen molar-refractivity contribution in [1.82, 2.24) is 0 Å². The van der Waals surface area contributed by atoms with Gasteiger partial charge in [-0.25, -0.2) is 0 Å². The topological polar surface area (TPSA) is 37.3 Å². The molecule has 0 saturated carbocycles. The maximum absolute atomic E-state index is 11.0. The lowest BCUT2D eigenvalue weighted by atomic mass is 9.89. The number of aryl methyl sites for hydroxylation is 1. The highest BCUT2D eigenvalue weighted by Gasteiger charge is 2.30. The molecule has 3 heteroatoms. The van der Waals surface area contributed by atoms with Crippen molar-refractivity contribution in [2.45, 2.75) is 25.7 Å². The molecular weight excluding hydrogens is 256 g/mol. The zero-order valence-corrected chi connectivity index (χ0v) is 10.1. The van der Waals surface area contributed by atoms with Gasteiger partial charge in [0.15, 0.2) is 0 Å². The molecule has 0 radical (unpaired) electrons. The second-order valence-electron chi connectivity index (χ2n) is 4.12. The van der Waals surface area contributed by atoms with E-state index in [1.165, 1.54) is 11.1 Å². The van der Waals surface area contributed by atoms with Gasteiger partial charge in [0, 0.05) is 4.47 Å². The van der Waals surface area contributed by atoms with E-state index in [2.05, 4.69) is 28.1 Å². The SMILES string of the molecule is CC(C(=O)O)C1CCc2ccc(Br)cc21. The molecule has 15 heavy (non-hydrogen) atoms. The largest absolute Gasteiger partial charge is 0.481 e. The Bertz CT molecular complexity index is 401. The van der Waals surface area contributed by atoms with Gasteiger partial charge in [0.1, 0.15) is 0 Å². The van der Waals surface area contributed by atoms with E-state index in [1.807, 2.05) is 6.07 Å². The van der Waals surface area contributed by atoms with Crippen molar-refractivity contribution in [3.63, 3.8) is 0 Å². The first kappa shape index (κ1) is 10.7. The summed E-state index contributed by atoms with van der Waals surface area (Å²) in [6.07, 6.45) is 1.96. The summed E-state index contributed by atoms with van der Waals surface area (Å²) in [6.45, 7) is 1.79. The number of carbonyl (C=O) groups is 1. The molecule has 0 amide bonds. The second-order valence-corrected chi connectivity index (χ2v) is 5.03. The van der Waals surface area contributed by atoms with Gasteiger partial charge >= 0.3 is 5.97 Å². The van der Waals surface area contributed by atoms with E-state index < -0.39 is 5.97 Å². The van der Waals surface area contributed by atoms with E-state index in [-0.39, 0.29) is 11.8 Å². The first-order chi connectivity index (χ1) is 7.09. The van der Waals surface area contributed by atoms with E-state index >= 15 is 0 Å². The van der Waals surface area contributed by atoms with Crippen LogP contribution in [0.2, 0.25) is 0 Å². The molecule has 0 heterocycles. The van der Waals surface area contributed by atoms with Crippen LogP contribution in [0.25, 0.3) is 0 Å². The van der Waals surface area contributed by atoms with Gasteiger partial charge in [-0.1, -0.05) is 28.9 Å². The van der Waals surface area contributed by atoms with Crippen molar-refractivity contribution >= 4 is 21.9 Å². The Morgan fingerprint density at radius 3 is 3.00 bits per heavy atom. The number of carboxylic acids is 1. The highest BCUT2D eigenvalue weighted by Crippen LogP contribution is 2.39. The van der Waals surface area contributed by atoms with Gasteiger partial charge in [-0.3, -0.25) is 4.79 Å². The lowest BCUT2D eigenvalue weighted by Gasteiger charge is -2.16. The Balaban J connectivity index is 2.35. The summed E-state index contributed by atoms with van der Waals surface area (Å²) in [4.78, 5) is 11.0. The van der Waals surface area contributed by atoms with Gasteiger partial charge < -0.3 is 5.11 Å². The van der Waals surface area contributed by atoms with Crippen LogP contribution in [0.4, 0.5) is 0 Å². The van der Waals surface area contributed by atoms with E-state index in [4.69, 9.17) is 5.11 Å². The summed E-state index contributed by atoms with van der Waals surface area (Å²) in [5, 5.41) is 9.03. The van der Waals surface area contributed by atoms with E-state index in [9.17, 15) is 4.79 Å². The van der Waals surface area contributed by atoms with Gasteiger partial charge in [0.25, 0.3) is 0 Å². The highest BCUT2D eigenvalue weighted by atomic mass is 79.9. The van der Waals surface area contributed by atoms with Gasteiger partial charge in [0.2, 0.25) is 0 Å². The van der Waals surface area contributed by atoms with Crippen LogP contribution in [0.3, 0.4) is 0 Å². The first-order valence-corrected chi connectivity index (χ1v) is 5.90. The molecule has 0 aromatic heterocycles. The molecular formula is C12H13BrO2. The molecule has 1 aliphatic rings. The van der Waals surface area contributed by atoms with Crippen LogP contribution in [0.1, 0.15) is 30.4 Å². The molecule has 0 saturated heterocycles. The van der Waals surface area contributed by atoms with Gasteiger partial charge in [-0.05, 0) is 42.0 Å². The fourth-order valence-corrected chi connectivity index (χ4v) is 2.68. The number of carboxylic acid groups (broad SMARTS) is 1. The molecule has 1 aliphatic carbocycles. The third-order valence-corrected chi connectivity index (χ3v) is 3.72. The van der Waals surface area contributed by atoms with Crippen LogP contribution in [0, 0.1) is 5.92 Å². The summed E-state index contributed by atoms with van der Waals surface area (Å²) >= 11 is 3.43. The number of hydrogen-bond acceptors (Lipinski definition) is 1. The fraction of sp³-hybridized carbons (Fsp3) is 0.417. The summed E-state index contributed by atoms with van der Waals surface area (Å²) in [6, 6.07) is 6.17. The van der Waals surface area contributed by atoms with Crippen LogP contribution in [0.5, 0.6) is 0 Å². The lowest BCUT2D eigenvalue weighted by molar-refractivity contribution is -0.141. The maximum atomic E-state index is 11.0. The molecule has 1 N–H and O–H groups in total. The van der Waals surface area contributed by atoms with Crippen LogP contribution in [0.15, 0.2) is 22.7 Å². The Labute approximate surface area is 97.4 Å². The van der Waals surface area contributed by atoms with Crippen molar-refractivity contribution in [3.8, 4) is 0 Å². The molecule has 2 nitrogen and oxygen atoms in total. The molecule has 2 rings (SSSR count). The van der Waals surface area contributed by atoms with Crippen LogP contribution in [-0.4, -0.2) is 11.1 Å². The molecule has 0 fully saturated rings. The average molecular weight is 269 g/mol. The molecule has 1 aromatic rings. The Kier molecular flexibility index (Phi) is 2.83. The average Bonchev–Trinajstić information content (AvgIpc) is 2.59. The fourth-order valence-electron chi connectivity index (χ4n) is 2.30. The minimum atomic E-state index is -0.701. The van der Waals surface area contributed by atoms with Crippen molar-refractivity contribution in [2.75, 3.05) is 0 Å². The number of hydrogen-bond donors (Lipinski definition) is 1. The normalized spacial score (nSPS) is 21.1. The Hall–Kier alpha value is -0.830. The van der Waals surface area contributed by atoms with Crippen LogP contribution >= 0.6 is 15.9 Å². The van der Waals surface area contributed by atoms with Gasteiger partial charge in [-0.15, -0.1) is 0 Å². The zero-order chi connectivity index (χ0) is 11.0. The number of fused-ring (bicyclic) bond motifs is 1. The number of rotatable bonds is 2. The number of aliphatic carboxylic acids is 1. The predicted molar refractivity (Wildman–Crippen MR) is 62.0 cm³/mol. The summed E-state index contributed by atoms with van der Waals surface area (Å²) in [5.74, 6) is -0.816. The summed E-state index contributed by atoms with van der Waals surface area (Å²) < 4.78 is 1.03. The van der Waals surface area contributed by atoms with Crippen molar-refractivity contribution in [1.29, 1.82) is 0 Å². The second kappa shape index (κ2) is 3.97. The third kappa shape index (κ3) is 1.93. The van der Waals surface area contributed by atoms with Crippen molar-refractivity contribution < 1.29 is 9.90 Å². The van der Waals surface area contributed by atoms with Gasteiger partial charge in [0.05, 0.1) is 5.92 Å². The van der Waals surface area contributed by atoms with Crippen LogP contribution < -0.4 is 0 Å². The van der Waals surface area contributed by atoms with E-state index in [0.717, 1.165) is 17.3 Å². The lowest BCUT2D eigenvalue weighted by Crippen LogP contribution is -2.17. The van der Waals surface area contributed by atoms with Crippen LogP contribution in [-0.2, 0) is 11.2 Å². The quantitative estimate of drug-likeness (QED) is 0.895. The van der Waals surface area contributed by atoms with Gasteiger partial charge in [-0.2, -0.15) is 0 Å². The summed E-state index contributed by atoms with van der Waals surface area (Å²) in [7, 11) is 0.